The number of nitrogens with zero attached hydrogens (tertiary/aromatic N) is 4. The number of fused-ring (bicyclic) bond motifs is 2. The molecule has 1 saturated carbocycles. The minimum atomic E-state index is 0.347. The fraction of sp³-hybridized carbons (Fsp3) is 0.182. The van der Waals surface area contributed by atoms with Crippen molar-refractivity contribution in [3.05, 3.63) is 64.9 Å². The van der Waals surface area contributed by atoms with Gasteiger partial charge in [-0.25, -0.2) is 15.0 Å². The van der Waals surface area contributed by atoms with E-state index in [0.717, 1.165) is 51.3 Å². The molecule has 2 N–H and O–H groups in total. The Hall–Kier alpha value is -3.03. The molecule has 0 radical (unpaired) electrons. The molecule has 0 bridgehead atoms. The second-order valence-electron chi connectivity index (χ2n) is 7.60. The summed E-state index contributed by atoms with van der Waals surface area (Å²) < 4.78 is 0. The molecule has 1 aromatic carbocycles. The van der Waals surface area contributed by atoms with Crippen molar-refractivity contribution in [1.29, 1.82) is 0 Å². The van der Waals surface area contributed by atoms with Crippen LogP contribution < -0.4 is 5.32 Å². The minimum absolute atomic E-state index is 0.347. The van der Waals surface area contributed by atoms with Crippen LogP contribution in [0.3, 0.4) is 0 Å². The van der Waals surface area contributed by atoms with E-state index >= 15 is 0 Å². The van der Waals surface area contributed by atoms with Gasteiger partial charge in [-0.05, 0) is 54.0 Å². The molecule has 30 heavy (non-hydrogen) atoms. The van der Waals surface area contributed by atoms with E-state index in [-0.39, 0.29) is 0 Å². The van der Waals surface area contributed by atoms with E-state index in [1.54, 1.807) is 23.9 Å². The summed E-state index contributed by atoms with van der Waals surface area (Å²) in [4.78, 5) is 14.6. The van der Waals surface area contributed by atoms with Gasteiger partial charge >= 0.3 is 0 Å². The standard InChI is InChI=1S/C22H17ClN6S/c23-17-8-12-3-4-18(20-2-1-5-30-20)28-19(12)9-15(17)13-6-14(7-13)27-21-16-10-26-29-22(16)25-11-24-21/h1-5,8-11,13-14H,6-7H2,(H2,24,25,26,27,29). The Morgan fingerprint density at radius 1 is 1.13 bits per heavy atom. The van der Waals surface area contributed by atoms with Gasteiger partial charge in [-0.1, -0.05) is 23.7 Å². The molecule has 0 atom stereocenters. The van der Waals surface area contributed by atoms with Crippen LogP contribution >= 0.6 is 22.9 Å². The number of anilines is 1. The van der Waals surface area contributed by atoms with Gasteiger partial charge in [0, 0.05) is 16.5 Å². The van der Waals surface area contributed by atoms with Gasteiger partial charge in [0.1, 0.15) is 12.1 Å². The van der Waals surface area contributed by atoms with Gasteiger partial charge in [-0.3, -0.25) is 5.10 Å². The lowest BCUT2D eigenvalue weighted by Gasteiger charge is -2.37. The van der Waals surface area contributed by atoms with Crippen molar-refractivity contribution in [3.63, 3.8) is 0 Å². The molecule has 4 heterocycles. The van der Waals surface area contributed by atoms with Crippen molar-refractivity contribution < 1.29 is 0 Å². The Balaban J connectivity index is 1.24. The lowest BCUT2D eigenvalue weighted by Crippen LogP contribution is -2.34. The number of pyridine rings is 1. The second-order valence-corrected chi connectivity index (χ2v) is 8.96. The molecule has 1 fully saturated rings. The van der Waals surface area contributed by atoms with Crippen molar-refractivity contribution in [3.8, 4) is 10.6 Å². The predicted molar refractivity (Wildman–Crippen MR) is 121 cm³/mol. The van der Waals surface area contributed by atoms with Gasteiger partial charge in [-0.15, -0.1) is 11.3 Å². The van der Waals surface area contributed by atoms with E-state index in [4.69, 9.17) is 16.6 Å². The Morgan fingerprint density at radius 2 is 2.07 bits per heavy atom. The van der Waals surface area contributed by atoms with E-state index in [1.807, 2.05) is 6.07 Å². The summed E-state index contributed by atoms with van der Waals surface area (Å²) in [5, 5.41) is 15.3. The van der Waals surface area contributed by atoms with Crippen molar-refractivity contribution in [2.75, 3.05) is 5.32 Å². The molecule has 6 nitrogen and oxygen atoms in total. The van der Waals surface area contributed by atoms with Crippen LogP contribution in [0.1, 0.15) is 24.3 Å². The fourth-order valence-electron chi connectivity index (χ4n) is 4.10. The highest BCUT2D eigenvalue weighted by Gasteiger charge is 2.32. The lowest BCUT2D eigenvalue weighted by molar-refractivity contribution is 0.374. The molecule has 0 saturated heterocycles. The van der Waals surface area contributed by atoms with E-state index < -0.39 is 0 Å². The van der Waals surface area contributed by atoms with Gasteiger partial charge in [-0.2, -0.15) is 5.10 Å². The van der Waals surface area contributed by atoms with Gasteiger partial charge in [0.05, 0.1) is 27.7 Å². The summed E-state index contributed by atoms with van der Waals surface area (Å²) in [7, 11) is 0. The highest BCUT2D eigenvalue weighted by atomic mass is 35.5. The third kappa shape index (κ3) is 3.02. The van der Waals surface area contributed by atoms with Crippen LogP contribution in [0, 0.1) is 0 Å². The molecule has 0 spiro atoms. The number of thiophene rings is 1. The van der Waals surface area contributed by atoms with Gasteiger partial charge in [0.15, 0.2) is 5.65 Å². The molecule has 0 amide bonds. The summed E-state index contributed by atoms with van der Waals surface area (Å²) in [5.74, 6) is 1.23. The normalized spacial score (nSPS) is 18.6. The molecule has 4 aromatic heterocycles. The minimum Gasteiger partial charge on any atom is -0.367 e. The maximum atomic E-state index is 6.64. The van der Waals surface area contributed by atoms with Crippen molar-refractivity contribution in [2.45, 2.75) is 24.8 Å². The summed E-state index contributed by atoms with van der Waals surface area (Å²) in [6, 6.07) is 12.9. The highest BCUT2D eigenvalue weighted by molar-refractivity contribution is 7.13. The number of aromatic amines is 1. The molecule has 6 rings (SSSR count). The summed E-state index contributed by atoms with van der Waals surface area (Å²) >= 11 is 8.34. The summed E-state index contributed by atoms with van der Waals surface area (Å²) in [5.41, 5.74) is 3.92. The monoisotopic (exact) mass is 432 g/mol. The van der Waals surface area contributed by atoms with Crippen LogP contribution in [0.15, 0.2) is 54.3 Å². The van der Waals surface area contributed by atoms with E-state index in [2.05, 4.69) is 61.2 Å². The fourth-order valence-corrected chi connectivity index (χ4v) is 5.12. The third-order valence-corrected chi connectivity index (χ3v) is 6.97. The Bertz CT molecular complexity index is 1360. The van der Waals surface area contributed by atoms with Crippen molar-refractivity contribution in [1.82, 2.24) is 25.1 Å². The zero-order valence-corrected chi connectivity index (χ0v) is 17.4. The Morgan fingerprint density at radius 3 is 2.93 bits per heavy atom. The first-order valence-electron chi connectivity index (χ1n) is 9.79. The van der Waals surface area contributed by atoms with Crippen LogP contribution in [0.5, 0.6) is 0 Å². The third-order valence-electron chi connectivity index (χ3n) is 5.75. The SMILES string of the molecule is Clc1cc2ccc(-c3cccs3)nc2cc1C1CC(Nc2ncnc3[nH]ncc23)C1. The topological polar surface area (TPSA) is 79.4 Å². The number of benzene rings is 1. The number of rotatable bonds is 4. The molecule has 5 aromatic rings. The maximum absolute atomic E-state index is 6.64. The molecule has 1 aliphatic carbocycles. The first-order valence-corrected chi connectivity index (χ1v) is 11.0. The summed E-state index contributed by atoms with van der Waals surface area (Å²) in [6.45, 7) is 0. The second kappa shape index (κ2) is 7.04. The zero-order valence-electron chi connectivity index (χ0n) is 15.8. The van der Waals surface area contributed by atoms with Gasteiger partial charge in [0.2, 0.25) is 0 Å². The van der Waals surface area contributed by atoms with E-state index in [1.165, 1.54) is 10.4 Å². The molecular formula is C22H17ClN6S. The van der Waals surface area contributed by atoms with Crippen LogP contribution in [0.2, 0.25) is 5.02 Å². The zero-order chi connectivity index (χ0) is 20.1. The van der Waals surface area contributed by atoms with Gasteiger partial charge < -0.3 is 5.32 Å². The largest absolute Gasteiger partial charge is 0.367 e. The smallest absolute Gasteiger partial charge is 0.160 e. The number of halogens is 1. The number of hydrogen-bond donors (Lipinski definition) is 2. The summed E-state index contributed by atoms with van der Waals surface area (Å²) in [6.07, 6.45) is 5.30. The van der Waals surface area contributed by atoms with Crippen molar-refractivity contribution in [2.24, 2.45) is 0 Å². The lowest BCUT2D eigenvalue weighted by atomic mass is 9.75. The number of aromatic nitrogens is 5. The van der Waals surface area contributed by atoms with E-state index in [9.17, 15) is 0 Å². The first-order chi connectivity index (χ1) is 14.7. The molecular weight excluding hydrogens is 416 g/mol. The van der Waals surface area contributed by atoms with E-state index in [0.29, 0.717) is 12.0 Å². The Kier molecular flexibility index (Phi) is 4.17. The number of H-pyrrole nitrogens is 1. The molecule has 1 aliphatic rings. The number of nitrogens with one attached hydrogen (secondary N) is 2. The van der Waals surface area contributed by atoms with Crippen LogP contribution in [-0.4, -0.2) is 31.2 Å². The average molecular weight is 433 g/mol. The average Bonchev–Trinajstić information content (AvgIpc) is 3.42. The van der Waals surface area contributed by atoms with Crippen LogP contribution in [-0.2, 0) is 0 Å². The number of hydrogen-bond acceptors (Lipinski definition) is 6. The van der Waals surface area contributed by atoms with Gasteiger partial charge in [0.25, 0.3) is 0 Å². The predicted octanol–water partition coefficient (Wildman–Crippen LogP) is 5.64. The molecule has 0 unspecified atom stereocenters. The van der Waals surface area contributed by atoms with Crippen LogP contribution in [0.25, 0.3) is 32.5 Å². The van der Waals surface area contributed by atoms with Crippen LogP contribution in [0.4, 0.5) is 5.82 Å². The van der Waals surface area contributed by atoms with Crippen molar-refractivity contribution >= 4 is 50.7 Å². The maximum Gasteiger partial charge on any atom is 0.160 e. The Labute approximate surface area is 181 Å². The molecule has 0 aliphatic heterocycles. The highest BCUT2D eigenvalue weighted by Crippen LogP contribution is 2.43. The molecule has 148 valence electrons. The molecule has 8 heteroatoms. The first kappa shape index (κ1) is 17.8. The quantitative estimate of drug-likeness (QED) is 0.384.